The van der Waals surface area contributed by atoms with Crippen LogP contribution in [0, 0.1) is 0 Å². The van der Waals surface area contributed by atoms with Gasteiger partial charge in [-0.3, -0.25) is 4.79 Å². The van der Waals surface area contributed by atoms with Gasteiger partial charge in [-0.1, -0.05) is 0 Å². The summed E-state index contributed by atoms with van der Waals surface area (Å²) >= 11 is 0. The third-order valence-electron chi connectivity index (χ3n) is 4.99. The average Bonchev–Trinajstić information content (AvgIpc) is 3.04. The minimum absolute atomic E-state index is 0.00522. The van der Waals surface area contributed by atoms with E-state index in [2.05, 4.69) is 31.3 Å². The van der Waals surface area contributed by atoms with Crippen molar-refractivity contribution < 1.29 is 76.1 Å². The number of esters is 1. The van der Waals surface area contributed by atoms with Crippen LogP contribution < -0.4 is 26.6 Å². The minimum Gasteiger partial charge on any atom is -0.465 e. The quantitative estimate of drug-likeness (QED) is 0.0425. The van der Waals surface area contributed by atoms with E-state index < -0.39 is 42.0 Å². The third kappa shape index (κ3) is 33.6. The molecule has 0 spiro atoms. The zero-order chi connectivity index (χ0) is 37.3. The summed E-state index contributed by atoms with van der Waals surface area (Å²) in [5.41, 5.74) is -0.580. The van der Waals surface area contributed by atoms with Gasteiger partial charge in [0.15, 0.2) is 0 Å². The smallest absolute Gasteiger partial charge is 0.407 e. The van der Waals surface area contributed by atoms with Crippen LogP contribution in [0.25, 0.3) is 0 Å². The number of amides is 5. The summed E-state index contributed by atoms with van der Waals surface area (Å²) in [6.45, 7) is 8.78. The number of alkyl carbamates (subject to hydrolysis) is 5. The van der Waals surface area contributed by atoms with E-state index in [0.29, 0.717) is 0 Å². The molecule has 21 heteroatoms. The van der Waals surface area contributed by atoms with Gasteiger partial charge >= 0.3 is 36.4 Å². The van der Waals surface area contributed by atoms with Gasteiger partial charge < -0.3 is 74.0 Å². The number of ether oxygens (including phenoxy) is 10. The molecule has 0 saturated heterocycles. The maximum absolute atomic E-state index is 11.7. The van der Waals surface area contributed by atoms with Crippen LogP contribution in [0.1, 0.15) is 27.7 Å². The Balaban J connectivity index is 3.45. The van der Waals surface area contributed by atoms with Crippen LogP contribution in [0.5, 0.6) is 0 Å². The van der Waals surface area contributed by atoms with Crippen molar-refractivity contribution in [3.8, 4) is 0 Å². The number of rotatable bonds is 27. The highest BCUT2D eigenvalue weighted by atomic mass is 16.6. The van der Waals surface area contributed by atoms with E-state index in [1.165, 1.54) is 0 Å². The molecule has 0 atom stereocenters. The molecule has 0 aromatic heterocycles. The molecule has 21 nitrogen and oxygen atoms in total. The van der Waals surface area contributed by atoms with Crippen molar-refractivity contribution in [2.75, 3.05) is 119 Å². The Morgan fingerprint density at radius 1 is 0.420 bits per heavy atom. The summed E-state index contributed by atoms with van der Waals surface area (Å²) in [5.74, 6) is -0.573. The lowest BCUT2D eigenvalue weighted by atomic mass is 10.2. The molecule has 0 rings (SSSR count). The lowest BCUT2D eigenvalue weighted by molar-refractivity contribution is -0.141. The molecule has 0 fully saturated rings. The van der Waals surface area contributed by atoms with E-state index in [-0.39, 0.29) is 119 Å². The fourth-order valence-electron chi connectivity index (χ4n) is 2.96. The van der Waals surface area contributed by atoms with E-state index >= 15 is 0 Å². The fraction of sp³-hybridized carbons (Fsp3) is 0.793. The van der Waals surface area contributed by atoms with Crippen LogP contribution in [0.15, 0.2) is 0 Å². The van der Waals surface area contributed by atoms with Crippen molar-refractivity contribution in [2.45, 2.75) is 33.3 Å². The molecular formula is C29H53N5O16. The molecule has 0 unspecified atom stereocenters. The minimum atomic E-state index is -0.780. The van der Waals surface area contributed by atoms with Gasteiger partial charge in [0.1, 0.15) is 38.6 Å². The molecule has 50 heavy (non-hydrogen) atoms. The standard InChI is InChI=1S/C29H53N5O16/c1-5-45-23(35)22-34-27(39)49-21-17-43-12-8-32-25(37)47-19-15-41-10-6-30-24(36)46-18-14-42-11-7-31-26(38)48-20-16-44-13-9-33-28(40)50-29(2,3)4/h5-22H2,1-4H3,(H,30,36)(H,31,38)(H,32,37)(H,33,40)(H,34,39). The molecule has 0 bridgehead atoms. The Morgan fingerprint density at radius 3 is 1.06 bits per heavy atom. The first-order valence-electron chi connectivity index (χ1n) is 16.0. The van der Waals surface area contributed by atoms with E-state index in [4.69, 9.17) is 42.6 Å². The molecule has 0 radical (unpaired) electrons. The topological polar surface area (TPSA) is 255 Å². The summed E-state index contributed by atoms with van der Waals surface area (Å²) in [5, 5.41) is 12.2. The van der Waals surface area contributed by atoms with Gasteiger partial charge in [-0.15, -0.1) is 0 Å². The number of nitrogens with one attached hydrogen (secondary N) is 5. The van der Waals surface area contributed by atoms with Crippen molar-refractivity contribution in [3.05, 3.63) is 0 Å². The lowest BCUT2D eigenvalue weighted by Gasteiger charge is -2.19. The Hall–Kier alpha value is -4.34. The molecule has 0 aliphatic carbocycles. The Bertz CT molecular complexity index is 967. The zero-order valence-corrected chi connectivity index (χ0v) is 29.3. The van der Waals surface area contributed by atoms with Crippen molar-refractivity contribution >= 4 is 36.4 Å². The van der Waals surface area contributed by atoms with Crippen molar-refractivity contribution in [1.29, 1.82) is 0 Å². The largest absolute Gasteiger partial charge is 0.465 e. The Morgan fingerprint density at radius 2 is 0.740 bits per heavy atom. The zero-order valence-electron chi connectivity index (χ0n) is 29.3. The van der Waals surface area contributed by atoms with Crippen molar-refractivity contribution in [2.24, 2.45) is 0 Å². The first-order valence-corrected chi connectivity index (χ1v) is 16.0. The Labute approximate surface area is 291 Å². The van der Waals surface area contributed by atoms with E-state index in [9.17, 15) is 28.8 Å². The SMILES string of the molecule is CCOC(=O)CNC(=O)OCCOCCNC(=O)OCCOCCNC(=O)OCCOCCNC(=O)OCCOCCNC(=O)OC(C)(C)C. The lowest BCUT2D eigenvalue weighted by Crippen LogP contribution is -2.34. The summed E-state index contributed by atoms with van der Waals surface area (Å²) in [6, 6.07) is 0. The number of hydrogen-bond acceptors (Lipinski definition) is 16. The highest BCUT2D eigenvalue weighted by molar-refractivity contribution is 5.77. The molecule has 0 aliphatic heterocycles. The molecule has 0 aromatic carbocycles. The van der Waals surface area contributed by atoms with Gasteiger partial charge in [-0.05, 0) is 27.7 Å². The van der Waals surface area contributed by atoms with Crippen LogP contribution in [0.2, 0.25) is 0 Å². The Kier molecular flexibility index (Phi) is 28.0. The molecule has 0 saturated carbocycles. The van der Waals surface area contributed by atoms with E-state index in [1.54, 1.807) is 27.7 Å². The van der Waals surface area contributed by atoms with E-state index in [0.717, 1.165) is 0 Å². The van der Waals surface area contributed by atoms with Gasteiger partial charge in [0.05, 0.1) is 59.5 Å². The summed E-state index contributed by atoms with van der Waals surface area (Å²) in [7, 11) is 0. The van der Waals surface area contributed by atoms with Crippen LogP contribution in [0.4, 0.5) is 24.0 Å². The summed E-state index contributed by atoms with van der Waals surface area (Å²) in [6.07, 6.45) is -3.29. The molecule has 0 aliphatic rings. The van der Waals surface area contributed by atoms with Crippen LogP contribution >= 0.6 is 0 Å². The highest BCUT2D eigenvalue weighted by Gasteiger charge is 2.15. The first-order chi connectivity index (χ1) is 23.9. The van der Waals surface area contributed by atoms with Crippen LogP contribution in [0.3, 0.4) is 0 Å². The molecule has 0 heterocycles. The predicted octanol–water partition coefficient (Wildman–Crippen LogP) is 0.0454. The number of carbonyl (C=O) groups excluding carboxylic acids is 6. The van der Waals surface area contributed by atoms with Crippen molar-refractivity contribution in [3.63, 3.8) is 0 Å². The highest BCUT2D eigenvalue weighted by Crippen LogP contribution is 2.06. The second-order valence-electron chi connectivity index (χ2n) is 10.4. The average molecular weight is 728 g/mol. The summed E-state index contributed by atoms with van der Waals surface area (Å²) in [4.78, 5) is 68.9. The molecule has 5 N–H and O–H groups in total. The second-order valence-corrected chi connectivity index (χ2v) is 10.4. The molecular weight excluding hydrogens is 674 g/mol. The molecule has 290 valence electrons. The third-order valence-corrected chi connectivity index (χ3v) is 4.99. The van der Waals surface area contributed by atoms with Gasteiger partial charge in [-0.2, -0.15) is 0 Å². The first kappa shape index (κ1) is 45.7. The van der Waals surface area contributed by atoms with Gasteiger partial charge in [0, 0.05) is 26.2 Å². The number of carbonyl (C=O) groups is 6. The van der Waals surface area contributed by atoms with E-state index in [1.807, 2.05) is 0 Å². The normalized spacial score (nSPS) is 10.6. The van der Waals surface area contributed by atoms with Gasteiger partial charge in [0.2, 0.25) is 0 Å². The number of hydrogen-bond donors (Lipinski definition) is 5. The maximum Gasteiger partial charge on any atom is 0.407 e. The predicted molar refractivity (Wildman–Crippen MR) is 172 cm³/mol. The van der Waals surface area contributed by atoms with Crippen LogP contribution in [-0.4, -0.2) is 161 Å². The van der Waals surface area contributed by atoms with Gasteiger partial charge in [0.25, 0.3) is 0 Å². The molecule has 5 amide bonds. The monoisotopic (exact) mass is 727 g/mol. The fourth-order valence-corrected chi connectivity index (χ4v) is 2.96. The molecule has 0 aromatic rings. The van der Waals surface area contributed by atoms with Crippen molar-refractivity contribution in [1.82, 2.24) is 26.6 Å². The summed E-state index contributed by atoms with van der Waals surface area (Å²) < 4.78 is 50.3. The van der Waals surface area contributed by atoms with Gasteiger partial charge in [-0.25, -0.2) is 24.0 Å². The van der Waals surface area contributed by atoms with Crippen LogP contribution in [-0.2, 0) is 52.2 Å². The maximum atomic E-state index is 11.7. The second kappa shape index (κ2) is 30.7.